The van der Waals surface area contributed by atoms with E-state index in [2.05, 4.69) is 24.3 Å². The largest absolute Gasteiger partial charge is 0.490 e. The molecule has 3 nitrogen and oxygen atoms in total. The molecule has 0 saturated heterocycles. The summed E-state index contributed by atoms with van der Waals surface area (Å²) in [6.45, 7) is 1.51. The summed E-state index contributed by atoms with van der Waals surface area (Å²) in [5, 5.41) is 0. The normalized spacial score (nSPS) is 25.8. The van der Waals surface area contributed by atoms with Crippen LogP contribution in [-0.4, -0.2) is 18.2 Å². The highest BCUT2D eigenvalue weighted by Crippen LogP contribution is 2.36. The number of ether oxygens (including phenoxy) is 2. The van der Waals surface area contributed by atoms with Crippen LogP contribution in [0.4, 0.5) is 0 Å². The molecule has 2 aliphatic carbocycles. The summed E-state index contributed by atoms with van der Waals surface area (Å²) >= 11 is 0. The van der Waals surface area contributed by atoms with Crippen molar-refractivity contribution in [3.8, 4) is 5.75 Å². The van der Waals surface area contributed by atoms with E-state index in [4.69, 9.17) is 9.47 Å². The molecule has 126 valence electrons. The second kappa shape index (κ2) is 7.85. The lowest BCUT2D eigenvalue weighted by atomic mass is 9.81. The van der Waals surface area contributed by atoms with Gasteiger partial charge in [-0.15, -0.1) is 0 Å². The summed E-state index contributed by atoms with van der Waals surface area (Å²) in [4.78, 5) is 11.3. The maximum Gasteiger partial charge on any atom is 0.302 e. The molecule has 0 unspecified atom stereocenters. The molecule has 0 bridgehead atoms. The Kier molecular flexibility index (Phi) is 5.58. The first kappa shape index (κ1) is 16.4. The highest BCUT2D eigenvalue weighted by Gasteiger charge is 2.28. The Labute approximate surface area is 139 Å². The van der Waals surface area contributed by atoms with Crippen LogP contribution in [0.5, 0.6) is 5.75 Å². The molecule has 1 aromatic rings. The Morgan fingerprint density at radius 3 is 2.26 bits per heavy atom. The number of benzene rings is 1. The maximum atomic E-state index is 11.3. The molecule has 0 radical (unpaired) electrons. The molecule has 0 heterocycles. The van der Waals surface area contributed by atoms with E-state index in [1.54, 1.807) is 0 Å². The van der Waals surface area contributed by atoms with Crippen molar-refractivity contribution < 1.29 is 14.3 Å². The van der Waals surface area contributed by atoms with E-state index < -0.39 is 0 Å². The molecule has 2 saturated carbocycles. The van der Waals surface area contributed by atoms with Gasteiger partial charge in [-0.2, -0.15) is 0 Å². The van der Waals surface area contributed by atoms with Crippen molar-refractivity contribution >= 4 is 5.97 Å². The highest BCUT2D eigenvalue weighted by atomic mass is 16.5. The van der Waals surface area contributed by atoms with Crippen LogP contribution in [0, 0.1) is 0 Å². The first-order chi connectivity index (χ1) is 11.2. The first-order valence-electron chi connectivity index (χ1n) is 9.16. The van der Waals surface area contributed by atoms with E-state index in [1.807, 2.05) is 0 Å². The molecule has 3 rings (SSSR count). The predicted molar refractivity (Wildman–Crippen MR) is 90.7 cm³/mol. The van der Waals surface area contributed by atoms with Crippen LogP contribution in [-0.2, 0) is 9.53 Å². The van der Waals surface area contributed by atoms with Crippen LogP contribution in [0.1, 0.15) is 76.2 Å². The first-order valence-corrected chi connectivity index (χ1v) is 9.16. The van der Waals surface area contributed by atoms with Crippen molar-refractivity contribution in [2.75, 3.05) is 0 Å². The number of hydrogen-bond acceptors (Lipinski definition) is 3. The van der Waals surface area contributed by atoms with E-state index in [1.165, 1.54) is 51.0 Å². The standard InChI is InChI=1S/C20H28O3/c1-15(21)22-20-10-6-5-9-19(20)16-11-13-18(14-12-16)23-17-7-3-2-4-8-17/h11-14,17,19-20H,2-10H2,1H3/t19-,20+/m0/s1. The Balaban J connectivity index is 1.63. The van der Waals surface area contributed by atoms with Crippen LogP contribution >= 0.6 is 0 Å². The smallest absolute Gasteiger partial charge is 0.302 e. The summed E-state index contributed by atoms with van der Waals surface area (Å²) < 4.78 is 11.6. The zero-order valence-electron chi connectivity index (χ0n) is 14.1. The zero-order valence-corrected chi connectivity index (χ0v) is 14.1. The van der Waals surface area contributed by atoms with Crippen molar-refractivity contribution in [3.63, 3.8) is 0 Å². The van der Waals surface area contributed by atoms with Crippen LogP contribution in [0.3, 0.4) is 0 Å². The van der Waals surface area contributed by atoms with Crippen LogP contribution in [0.2, 0.25) is 0 Å². The average Bonchev–Trinajstić information content (AvgIpc) is 2.57. The fourth-order valence-corrected chi connectivity index (χ4v) is 4.00. The van der Waals surface area contributed by atoms with Gasteiger partial charge >= 0.3 is 5.97 Å². The Morgan fingerprint density at radius 2 is 1.57 bits per heavy atom. The van der Waals surface area contributed by atoms with Gasteiger partial charge in [-0.1, -0.05) is 25.0 Å². The van der Waals surface area contributed by atoms with E-state index in [0.717, 1.165) is 25.0 Å². The molecule has 0 N–H and O–H groups in total. The quantitative estimate of drug-likeness (QED) is 0.734. The van der Waals surface area contributed by atoms with E-state index >= 15 is 0 Å². The lowest BCUT2D eigenvalue weighted by molar-refractivity contribution is -0.148. The SMILES string of the molecule is CC(=O)O[C@@H]1CCCC[C@H]1c1ccc(OC2CCCCC2)cc1. The molecule has 0 aromatic heterocycles. The van der Waals surface area contributed by atoms with E-state index in [-0.39, 0.29) is 12.1 Å². The number of hydrogen-bond donors (Lipinski definition) is 0. The molecule has 1 aromatic carbocycles. The zero-order chi connectivity index (χ0) is 16.1. The van der Waals surface area contributed by atoms with Crippen molar-refractivity contribution in [1.82, 2.24) is 0 Å². The molecule has 0 spiro atoms. The Bertz CT molecular complexity index is 502. The lowest BCUT2D eigenvalue weighted by Crippen LogP contribution is -2.27. The fourth-order valence-electron chi connectivity index (χ4n) is 4.00. The lowest BCUT2D eigenvalue weighted by Gasteiger charge is -2.31. The monoisotopic (exact) mass is 316 g/mol. The number of esters is 1. The Morgan fingerprint density at radius 1 is 0.913 bits per heavy atom. The maximum absolute atomic E-state index is 11.3. The minimum Gasteiger partial charge on any atom is -0.490 e. The van der Waals surface area contributed by atoms with Gasteiger partial charge in [0.25, 0.3) is 0 Å². The van der Waals surface area contributed by atoms with E-state index in [9.17, 15) is 4.79 Å². The van der Waals surface area contributed by atoms with Gasteiger partial charge in [0.05, 0.1) is 6.10 Å². The minimum absolute atomic E-state index is 0.0337. The Hall–Kier alpha value is -1.51. The third-order valence-electron chi connectivity index (χ3n) is 5.18. The summed E-state index contributed by atoms with van der Waals surface area (Å²) in [7, 11) is 0. The average molecular weight is 316 g/mol. The van der Waals surface area contributed by atoms with Crippen molar-refractivity contribution in [2.45, 2.75) is 82.8 Å². The minimum atomic E-state index is -0.167. The number of carbonyl (C=O) groups is 1. The number of carbonyl (C=O) groups excluding carboxylic acids is 1. The molecular formula is C20H28O3. The summed E-state index contributed by atoms with van der Waals surface area (Å²) in [5.74, 6) is 1.14. The molecule has 2 fully saturated rings. The molecule has 2 atom stereocenters. The summed E-state index contributed by atoms with van der Waals surface area (Å²) in [5.41, 5.74) is 1.27. The second-order valence-corrected chi connectivity index (χ2v) is 6.99. The third kappa shape index (κ3) is 4.49. The number of rotatable bonds is 4. The summed E-state index contributed by atoms with van der Waals surface area (Å²) in [6, 6.07) is 8.49. The molecular weight excluding hydrogens is 288 g/mol. The van der Waals surface area contributed by atoms with Gasteiger partial charge in [0.2, 0.25) is 0 Å². The van der Waals surface area contributed by atoms with Gasteiger partial charge in [-0.3, -0.25) is 4.79 Å². The van der Waals surface area contributed by atoms with Crippen molar-refractivity contribution in [3.05, 3.63) is 29.8 Å². The third-order valence-corrected chi connectivity index (χ3v) is 5.18. The molecule has 2 aliphatic rings. The molecule has 0 amide bonds. The van der Waals surface area contributed by atoms with E-state index in [0.29, 0.717) is 12.0 Å². The van der Waals surface area contributed by atoms with Gasteiger partial charge in [0.1, 0.15) is 11.9 Å². The molecule has 0 aliphatic heterocycles. The fraction of sp³-hybridized carbons (Fsp3) is 0.650. The van der Waals surface area contributed by atoms with Crippen molar-refractivity contribution in [2.24, 2.45) is 0 Å². The topological polar surface area (TPSA) is 35.5 Å². The predicted octanol–water partition coefficient (Wildman–Crippen LogP) is 4.99. The van der Waals surface area contributed by atoms with Gasteiger partial charge < -0.3 is 9.47 Å². The molecule has 23 heavy (non-hydrogen) atoms. The van der Waals surface area contributed by atoms with Crippen LogP contribution < -0.4 is 4.74 Å². The van der Waals surface area contributed by atoms with Gasteiger partial charge in [0.15, 0.2) is 0 Å². The van der Waals surface area contributed by atoms with Crippen LogP contribution in [0.25, 0.3) is 0 Å². The second-order valence-electron chi connectivity index (χ2n) is 6.99. The molecule has 3 heteroatoms. The van der Waals surface area contributed by atoms with Crippen molar-refractivity contribution in [1.29, 1.82) is 0 Å². The highest BCUT2D eigenvalue weighted by molar-refractivity contribution is 5.66. The van der Waals surface area contributed by atoms with Gasteiger partial charge in [-0.05, 0) is 62.6 Å². The van der Waals surface area contributed by atoms with Gasteiger partial charge in [0, 0.05) is 12.8 Å². The van der Waals surface area contributed by atoms with Crippen LogP contribution in [0.15, 0.2) is 24.3 Å². The summed E-state index contributed by atoms with van der Waals surface area (Å²) in [6.07, 6.45) is 11.1. The van der Waals surface area contributed by atoms with Gasteiger partial charge in [-0.25, -0.2) is 0 Å².